The summed E-state index contributed by atoms with van der Waals surface area (Å²) >= 11 is 0. The molecular formula is C9H10O3. The van der Waals surface area contributed by atoms with Gasteiger partial charge >= 0.3 is 5.97 Å². The second kappa shape index (κ2) is 1.90. The van der Waals surface area contributed by atoms with Crippen molar-refractivity contribution in [3.05, 3.63) is 0 Å². The van der Waals surface area contributed by atoms with Crippen molar-refractivity contribution in [2.45, 2.75) is 18.9 Å². The predicted octanol–water partition coefficient (Wildman–Crippen LogP) is 0.383. The maximum Gasteiger partial charge on any atom is 0.309 e. The van der Waals surface area contributed by atoms with Crippen LogP contribution in [0.25, 0.3) is 0 Å². The topological polar surface area (TPSA) is 43.4 Å². The summed E-state index contributed by atoms with van der Waals surface area (Å²) in [7, 11) is 0. The number of esters is 1. The van der Waals surface area contributed by atoms with E-state index in [0.29, 0.717) is 11.8 Å². The van der Waals surface area contributed by atoms with Crippen LogP contribution in [-0.2, 0) is 14.3 Å². The lowest BCUT2D eigenvalue weighted by Gasteiger charge is -2.19. The molecule has 0 aromatic rings. The van der Waals surface area contributed by atoms with Crippen molar-refractivity contribution in [2.24, 2.45) is 23.7 Å². The quantitative estimate of drug-likeness (QED) is 0.418. The summed E-state index contributed by atoms with van der Waals surface area (Å²) in [5.41, 5.74) is 0. The van der Waals surface area contributed by atoms with E-state index in [2.05, 4.69) is 0 Å². The van der Waals surface area contributed by atoms with Crippen LogP contribution in [0, 0.1) is 23.7 Å². The van der Waals surface area contributed by atoms with Crippen molar-refractivity contribution in [3.63, 3.8) is 0 Å². The molecule has 3 nitrogen and oxygen atoms in total. The van der Waals surface area contributed by atoms with E-state index in [-0.39, 0.29) is 23.9 Å². The molecule has 2 saturated carbocycles. The number of fused-ring (bicyclic) bond motifs is 1. The van der Waals surface area contributed by atoms with Crippen LogP contribution in [0.15, 0.2) is 0 Å². The Balaban J connectivity index is 2.01. The fraction of sp³-hybridized carbons (Fsp3) is 0.778. The fourth-order valence-electron chi connectivity index (χ4n) is 3.19. The molecule has 3 fully saturated rings. The maximum absolute atomic E-state index is 11.2. The number of rotatable bonds is 1. The van der Waals surface area contributed by atoms with Gasteiger partial charge in [-0.25, -0.2) is 0 Å². The molecule has 5 unspecified atom stereocenters. The van der Waals surface area contributed by atoms with Crippen LogP contribution >= 0.6 is 0 Å². The molecule has 1 saturated heterocycles. The fourth-order valence-corrected chi connectivity index (χ4v) is 3.19. The lowest BCUT2D eigenvalue weighted by Crippen LogP contribution is -2.27. The average Bonchev–Trinajstić information content (AvgIpc) is 2.63. The lowest BCUT2D eigenvalue weighted by atomic mass is 9.83. The molecule has 1 aliphatic heterocycles. The van der Waals surface area contributed by atoms with Crippen LogP contribution in [0.1, 0.15) is 12.8 Å². The first-order chi connectivity index (χ1) is 5.81. The number of aldehydes is 1. The third kappa shape index (κ3) is 0.551. The average molecular weight is 166 g/mol. The largest absolute Gasteiger partial charge is 0.461 e. The van der Waals surface area contributed by atoms with Crippen molar-refractivity contribution in [3.8, 4) is 0 Å². The molecule has 5 atom stereocenters. The van der Waals surface area contributed by atoms with E-state index in [1.165, 1.54) is 0 Å². The molecule has 2 bridgehead atoms. The molecule has 0 aromatic carbocycles. The van der Waals surface area contributed by atoms with Crippen molar-refractivity contribution >= 4 is 12.3 Å². The standard InChI is InChI=1S/C9H10O3/c10-3-7-4-1-5-6(2-4)9(11)12-8(5)7/h3-8H,1-2H2. The first-order valence-electron chi connectivity index (χ1n) is 4.47. The summed E-state index contributed by atoms with van der Waals surface area (Å²) in [5, 5.41) is 0. The van der Waals surface area contributed by atoms with E-state index >= 15 is 0 Å². The van der Waals surface area contributed by atoms with Gasteiger partial charge in [-0.1, -0.05) is 0 Å². The lowest BCUT2D eigenvalue weighted by molar-refractivity contribution is -0.144. The number of hydrogen-bond acceptors (Lipinski definition) is 3. The molecule has 12 heavy (non-hydrogen) atoms. The van der Waals surface area contributed by atoms with E-state index in [4.69, 9.17) is 4.74 Å². The minimum Gasteiger partial charge on any atom is -0.461 e. The highest BCUT2D eigenvalue weighted by Gasteiger charge is 2.61. The first-order valence-corrected chi connectivity index (χ1v) is 4.47. The summed E-state index contributed by atoms with van der Waals surface area (Å²) in [5.74, 6) is 0.900. The Labute approximate surface area is 70.1 Å². The Bertz CT molecular complexity index is 260. The van der Waals surface area contributed by atoms with Gasteiger partial charge in [0, 0.05) is 5.92 Å². The van der Waals surface area contributed by atoms with Crippen molar-refractivity contribution < 1.29 is 14.3 Å². The summed E-state index contributed by atoms with van der Waals surface area (Å²) in [4.78, 5) is 21.9. The third-order valence-corrected chi connectivity index (χ3v) is 3.71. The molecule has 3 heteroatoms. The van der Waals surface area contributed by atoms with Gasteiger partial charge in [0.2, 0.25) is 0 Å². The first kappa shape index (κ1) is 6.63. The van der Waals surface area contributed by atoms with Crippen molar-refractivity contribution in [1.82, 2.24) is 0 Å². The maximum atomic E-state index is 11.2. The molecule has 0 N–H and O–H groups in total. The summed E-state index contributed by atoms with van der Waals surface area (Å²) in [6, 6.07) is 0. The molecule has 64 valence electrons. The van der Waals surface area contributed by atoms with Gasteiger partial charge in [-0.15, -0.1) is 0 Å². The highest BCUT2D eigenvalue weighted by molar-refractivity contribution is 5.78. The van der Waals surface area contributed by atoms with Gasteiger partial charge in [-0.3, -0.25) is 4.79 Å². The van der Waals surface area contributed by atoms with Gasteiger partial charge in [-0.2, -0.15) is 0 Å². The zero-order chi connectivity index (χ0) is 8.29. The molecule has 0 aromatic heterocycles. The highest BCUT2D eigenvalue weighted by atomic mass is 16.6. The smallest absolute Gasteiger partial charge is 0.309 e. The molecule has 3 aliphatic rings. The number of carbonyl (C=O) groups excluding carboxylic acids is 2. The SMILES string of the molecule is O=CC1C2CC3C(=O)OC1C3C2. The Morgan fingerprint density at radius 1 is 1.42 bits per heavy atom. The van der Waals surface area contributed by atoms with Gasteiger partial charge in [0.15, 0.2) is 0 Å². The summed E-state index contributed by atoms with van der Waals surface area (Å²) in [6.45, 7) is 0. The minimum absolute atomic E-state index is 0.0118. The predicted molar refractivity (Wildman–Crippen MR) is 39.1 cm³/mol. The van der Waals surface area contributed by atoms with Crippen LogP contribution in [0.3, 0.4) is 0 Å². The van der Waals surface area contributed by atoms with Crippen LogP contribution in [0.4, 0.5) is 0 Å². The normalized spacial score (nSPS) is 54.3. The molecule has 0 radical (unpaired) electrons. The molecule has 0 amide bonds. The van der Waals surface area contributed by atoms with Gasteiger partial charge in [0.05, 0.1) is 11.8 Å². The monoisotopic (exact) mass is 166 g/mol. The van der Waals surface area contributed by atoms with E-state index in [0.717, 1.165) is 19.1 Å². The van der Waals surface area contributed by atoms with Gasteiger partial charge < -0.3 is 9.53 Å². The Morgan fingerprint density at radius 3 is 3.00 bits per heavy atom. The van der Waals surface area contributed by atoms with E-state index < -0.39 is 0 Å². The number of ether oxygens (including phenoxy) is 1. The molecule has 1 heterocycles. The summed E-state index contributed by atoms with van der Waals surface area (Å²) < 4.78 is 5.17. The second-order valence-corrected chi connectivity index (χ2v) is 4.12. The van der Waals surface area contributed by atoms with Crippen LogP contribution in [-0.4, -0.2) is 18.4 Å². The van der Waals surface area contributed by atoms with Crippen molar-refractivity contribution in [2.75, 3.05) is 0 Å². The van der Waals surface area contributed by atoms with Gasteiger partial charge in [-0.05, 0) is 18.8 Å². The molecule has 2 aliphatic carbocycles. The molecule has 0 spiro atoms. The zero-order valence-corrected chi connectivity index (χ0v) is 6.60. The Morgan fingerprint density at radius 2 is 2.25 bits per heavy atom. The minimum atomic E-state index is -0.0585. The third-order valence-electron chi connectivity index (χ3n) is 3.71. The Hall–Kier alpha value is -0.860. The van der Waals surface area contributed by atoms with Crippen LogP contribution < -0.4 is 0 Å². The van der Waals surface area contributed by atoms with Crippen LogP contribution in [0.5, 0.6) is 0 Å². The van der Waals surface area contributed by atoms with Gasteiger partial charge in [0.25, 0.3) is 0 Å². The van der Waals surface area contributed by atoms with Crippen molar-refractivity contribution in [1.29, 1.82) is 0 Å². The molecular weight excluding hydrogens is 156 g/mol. The van der Waals surface area contributed by atoms with Crippen LogP contribution in [0.2, 0.25) is 0 Å². The van der Waals surface area contributed by atoms with Gasteiger partial charge in [0.1, 0.15) is 12.4 Å². The summed E-state index contributed by atoms with van der Waals surface area (Å²) in [6.07, 6.45) is 2.84. The van der Waals surface area contributed by atoms with E-state index in [1.54, 1.807) is 0 Å². The highest BCUT2D eigenvalue weighted by Crippen LogP contribution is 2.56. The van der Waals surface area contributed by atoms with E-state index in [9.17, 15) is 9.59 Å². The van der Waals surface area contributed by atoms with E-state index in [1.807, 2.05) is 0 Å². The Kier molecular flexibility index (Phi) is 1.05. The zero-order valence-electron chi connectivity index (χ0n) is 6.60. The number of carbonyl (C=O) groups is 2. The number of hydrogen-bond donors (Lipinski definition) is 0. The second-order valence-electron chi connectivity index (χ2n) is 4.12. The molecule has 3 rings (SSSR count).